The van der Waals surface area contributed by atoms with Crippen molar-refractivity contribution in [3.8, 4) is 0 Å². The summed E-state index contributed by atoms with van der Waals surface area (Å²) in [6.07, 6.45) is 8.51. The molecule has 1 atom stereocenters. The Balaban J connectivity index is 2.23. The summed E-state index contributed by atoms with van der Waals surface area (Å²) >= 11 is 1.67. The maximum Gasteiger partial charge on any atom is 0.126 e. The Bertz CT molecular complexity index is 487. The largest absolute Gasteiger partial charge is 0.384 e. The van der Waals surface area contributed by atoms with Gasteiger partial charge in [0.1, 0.15) is 5.84 Å². The first kappa shape index (κ1) is 16.2. The molecule has 1 aliphatic heterocycles. The van der Waals surface area contributed by atoms with Gasteiger partial charge < -0.3 is 10.6 Å². The molecule has 1 fully saturated rings. The van der Waals surface area contributed by atoms with Crippen LogP contribution in [-0.2, 0) is 0 Å². The summed E-state index contributed by atoms with van der Waals surface area (Å²) in [4.78, 5) is 3.54. The van der Waals surface area contributed by atoms with E-state index in [-0.39, 0.29) is 5.84 Å². The minimum absolute atomic E-state index is 0.185. The van der Waals surface area contributed by atoms with Crippen LogP contribution in [0.3, 0.4) is 0 Å². The van der Waals surface area contributed by atoms with Gasteiger partial charge in [-0.25, -0.2) is 0 Å². The third-order valence-corrected chi connectivity index (χ3v) is 5.16. The van der Waals surface area contributed by atoms with Crippen LogP contribution in [0.5, 0.6) is 0 Å². The van der Waals surface area contributed by atoms with Gasteiger partial charge in [-0.3, -0.25) is 5.41 Å². The van der Waals surface area contributed by atoms with Gasteiger partial charge in [-0.05, 0) is 43.6 Å². The molecular formula is C17H27N3S. The van der Waals surface area contributed by atoms with E-state index in [4.69, 9.17) is 11.1 Å². The lowest BCUT2D eigenvalue weighted by Crippen LogP contribution is -2.28. The van der Waals surface area contributed by atoms with Gasteiger partial charge in [-0.15, -0.1) is 11.8 Å². The van der Waals surface area contributed by atoms with Gasteiger partial charge in [-0.1, -0.05) is 25.8 Å². The third-order valence-electron chi connectivity index (χ3n) is 4.38. The lowest BCUT2D eigenvalue weighted by molar-refractivity contribution is 0.435. The third kappa shape index (κ3) is 3.94. The molecule has 116 valence electrons. The van der Waals surface area contributed by atoms with Gasteiger partial charge in [0.15, 0.2) is 0 Å². The molecule has 0 saturated carbocycles. The summed E-state index contributed by atoms with van der Waals surface area (Å²) in [6.45, 7) is 4.44. The molecule has 1 unspecified atom stereocenters. The molecular weight excluding hydrogens is 278 g/mol. The molecule has 1 aromatic rings. The molecule has 4 heteroatoms. The van der Waals surface area contributed by atoms with Crippen molar-refractivity contribution in [1.82, 2.24) is 0 Å². The number of benzene rings is 1. The molecule has 0 amide bonds. The van der Waals surface area contributed by atoms with Crippen LogP contribution in [-0.4, -0.2) is 25.2 Å². The summed E-state index contributed by atoms with van der Waals surface area (Å²) in [6, 6.07) is 6.27. The molecule has 3 nitrogen and oxygen atoms in total. The van der Waals surface area contributed by atoms with Crippen molar-refractivity contribution < 1.29 is 0 Å². The summed E-state index contributed by atoms with van der Waals surface area (Å²) in [5.74, 6) is 1.05. The summed E-state index contributed by atoms with van der Waals surface area (Å²) in [7, 11) is 0. The van der Waals surface area contributed by atoms with E-state index in [0.29, 0.717) is 0 Å². The van der Waals surface area contributed by atoms with Crippen molar-refractivity contribution in [2.24, 2.45) is 11.7 Å². The minimum Gasteiger partial charge on any atom is -0.384 e. The van der Waals surface area contributed by atoms with Crippen molar-refractivity contribution in [3.05, 3.63) is 23.8 Å². The van der Waals surface area contributed by atoms with E-state index in [1.54, 1.807) is 11.8 Å². The van der Waals surface area contributed by atoms with Gasteiger partial charge in [0.05, 0.1) is 5.56 Å². The first-order valence-electron chi connectivity index (χ1n) is 7.93. The molecule has 1 aliphatic rings. The maximum atomic E-state index is 7.94. The Labute approximate surface area is 132 Å². The standard InChI is InChI=1S/C17H27N3S/c1-3-6-13-7-5-11-20(12-10-13)14-8-4-9-15(21-2)16(14)17(18)19/h4,8-9,13H,3,5-7,10-12H2,1-2H3,(H3,18,19). The molecule has 3 N–H and O–H groups in total. The van der Waals surface area contributed by atoms with Crippen LogP contribution in [0.4, 0.5) is 5.69 Å². The van der Waals surface area contributed by atoms with Crippen LogP contribution in [0.1, 0.15) is 44.6 Å². The van der Waals surface area contributed by atoms with Gasteiger partial charge >= 0.3 is 0 Å². The molecule has 0 spiro atoms. The van der Waals surface area contributed by atoms with Gasteiger partial charge in [0.25, 0.3) is 0 Å². The average molecular weight is 305 g/mol. The highest BCUT2D eigenvalue weighted by molar-refractivity contribution is 7.98. The van der Waals surface area contributed by atoms with E-state index in [9.17, 15) is 0 Å². The number of amidine groups is 1. The highest BCUT2D eigenvalue weighted by atomic mass is 32.2. The van der Waals surface area contributed by atoms with E-state index >= 15 is 0 Å². The molecule has 1 aromatic carbocycles. The molecule has 1 saturated heterocycles. The summed E-state index contributed by atoms with van der Waals surface area (Å²) in [5, 5.41) is 7.94. The zero-order valence-corrected chi connectivity index (χ0v) is 14.0. The van der Waals surface area contributed by atoms with Crippen molar-refractivity contribution in [2.75, 3.05) is 24.2 Å². The highest BCUT2D eigenvalue weighted by Crippen LogP contribution is 2.32. The van der Waals surface area contributed by atoms with Crippen LogP contribution in [0.15, 0.2) is 23.1 Å². The number of nitrogen functional groups attached to an aromatic ring is 1. The molecule has 1 heterocycles. The fraction of sp³-hybridized carbons (Fsp3) is 0.588. The number of thioether (sulfide) groups is 1. The second kappa shape index (κ2) is 7.74. The quantitative estimate of drug-likeness (QED) is 0.489. The van der Waals surface area contributed by atoms with Crippen LogP contribution in [0, 0.1) is 11.3 Å². The SMILES string of the molecule is CCCC1CCCN(c2cccc(SC)c2C(=N)N)CC1. The maximum absolute atomic E-state index is 7.94. The zero-order chi connectivity index (χ0) is 15.2. The average Bonchev–Trinajstić information content (AvgIpc) is 2.72. The number of nitrogens with two attached hydrogens (primary N) is 1. The first-order chi connectivity index (χ1) is 10.2. The number of hydrogen-bond donors (Lipinski definition) is 2. The van der Waals surface area contributed by atoms with Crippen molar-refractivity contribution in [1.29, 1.82) is 5.41 Å². The molecule has 2 rings (SSSR count). The van der Waals surface area contributed by atoms with Gasteiger partial charge in [0, 0.05) is 23.7 Å². The molecule has 21 heavy (non-hydrogen) atoms. The van der Waals surface area contributed by atoms with E-state index in [1.807, 2.05) is 6.26 Å². The number of anilines is 1. The van der Waals surface area contributed by atoms with E-state index in [1.165, 1.54) is 32.1 Å². The summed E-state index contributed by atoms with van der Waals surface area (Å²) < 4.78 is 0. The predicted octanol–water partition coefficient (Wildman–Crippen LogP) is 4.10. The Morgan fingerprint density at radius 3 is 2.86 bits per heavy atom. The van der Waals surface area contributed by atoms with E-state index in [2.05, 4.69) is 30.0 Å². The lowest BCUT2D eigenvalue weighted by Gasteiger charge is -2.26. The number of hydrogen-bond acceptors (Lipinski definition) is 3. The zero-order valence-electron chi connectivity index (χ0n) is 13.2. The molecule has 0 aromatic heterocycles. The minimum atomic E-state index is 0.185. The molecule has 0 aliphatic carbocycles. The Morgan fingerprint density at radius 2 is 2.19 bits per heavy atom. The smallest absolute Gasteiger partial charge is 0.126 e. The monoisotopic (exact) mass is 305 g/mol. The van der Waals surface area contributed by atoms with Crippen molar-refractivity contribution >= 4 is 23.3 Å². The first-order valence-corrected chi connectivity index (χ1v) is 9.16. The fourth-order valence-electron chi connectivity index (χ4n) is 3.33. The molecule has 0 radical (unpaired) electrons. The normalized spacial score (nSPS) is 19.3. The number of rotatable bonds is 5. The predicted molar refractivity (Wildman–Crippen MR) is 93.7 cm³/mol. The van der Waals surface area contributed by atoms with Crippen LogP contribution in [0.25, 0.3) is 0 Å². The highest BCUT2D eigenvalue weighted by Gasteiger charge is 2.20. The Morgan fingerprint density at radius 1 is 1.38 bits per heavy atom. The van der Waals surface area contributed by atoms with E-state index in [0.717, 1.165) is 35.2 Å². The van der Waals surface area contributed by atoms with Crippen LogP contribution >= 0.6 is 11.8 Å². The topological polar surface area (TPSA) is 53.1 Å². The van der Waals surface area contributed by atoms with Crippen LogP contribution < -0.4 is 10.6 Å². The second-order valence-corrected chi connectivity index (χ2v) is 6.69. The lowest BCUT2D eigenvalue weighted by atomic mass is 9.96. The second-order valence-electron chi connectivity index (χ2n) is 5.84. The van der Waals surface area contributed by atoms with E-state index < -0.39 is 0 Å². The van der Waals surface area contributed by atoms with Gasteiger partial charge in [0.2, 0.25) is 0 Å². The Kier molecular flexibility index (Phi) is 5.97. The summed E-state index contributed by atoms with van der Waals surface area (Å²) in [5.41, 5.74) is 7.92. The molecule has 0 bridgehead atoms. The van der Waals surface area contributed by atoms with Gasteiger partial charge in [-0.2, -0.15) is 0 Å². The van der Waals surface area contributed by atoms with Crippen molar-refractivity contribution in [2.45, 2.75) is 43.9 Å². The van der Waals surface area contributed by atoms with Crippen molar-refractivity contribution in [3.63, 3.8) is 0 Å². The fourth-order valence-corrected chi connectivity index (χ4v) is 3.96. The van der Waals surface area contributed by atoms with Crippen LogP contribution in [0.2, 0.25) is 0 Å². The Hall–Kier alpha value is -1.16. The number of nitrogens with zero attached hydrogens (tertiary/aromatic N) is 1. The number of nitrogens with one attached hydrogen (secondary N) is 1.